The SMILES string of the molecule is COc1cc(OC)c(OCC(=O)O)c(C(Nc2ccc(C(N)=NO)cc2)C(=O)NCc2ccccc2)c1. The van der Waals surface area contributed by atoms with E-state index in [9.17, 15) is 14.7 Å². The summed E-state index contributed by atoms with van der Waals surface area (Å²) in [6, 6.07) is 18.0. The molecule has 0 aliphatic carbocycles. The van der Waals surface area contributed by atoms with Crippen LogP contribution in [0.4, 0.5) is 5.69 Å². The maximum absolute atomic E-state index is 13.5. The Kier molecular flexibility index (Phi) is 9.14. The lowest BCUT2D eigenvalue weighted by Crippen LogP contribution is -2.33. The second-order valence-electron chi connectivity index (χ2n) is 7.77. The molecule has 1 unspecified atom stereocenters. The zero-order chi connectivity index (χ0) is 26.8. The molecule has 0 bridgehead atoms. The van der Waals surface area contributed by atoms with Gasteiger partial charge in [-0.2, -0.15) is 0 Å². The monoisotopic (exact) mass is 508 g/mol. The molecule has 194 valence electrons. The molecule has 11 heteroatoms. The number of aliphatic carboxylic acids is 1. The number of ether oxygens (including phenoxy) is 3. The van der Waals surface area contributed by atoms with Gasteiger partial charge in [0, 0.05) is 29.4 Å². The summed E-state index contributed by atoms with van der Waals surface area (Å²) < 4.78 is 16.4. The molecular formula is C26H28N4O7. The molecule has 0 aliphatic rings. The van der Waals surface area contributed by atoms with Crippen LogP contribution in [0.15, 0.2) is 71.9 Å². The number of nitrogens with two attached hydrogens (primary N) is 1. The van der Waals surface area contributed by atoms with Gasteiger partial charge in [-0.25, -0.2) is 4.79 Å². The van der Waals surface area contributed by atoms with E-state index in [0.29, 0.717) is 22.6 Å². The fourth-order valence-electron chi connectivity index (χ4n) is 3.50. The van der Waals surface area contributed by atoms with Crippen molar-refractivity contribution in [2.75, 3.05) is 26.1 Å². The number of amidine groups is 1. The Hall–Kier alpha value is -4.93. The van der Waals surface area contributed by atoms with Gasteiger partial charge in [0.15, 0.2) is 23.9 Å². The first-order valence-corrected chi connectivity index (χ1v) is 11.1. The van der Waals surface area contributed by atoms with Gasteiger partial charge in [-0.15, -0.1) is 0 Å². The average molecular weight is 509 g/mol. The molecule has 0 aromatic heterocycles. The second-order valence-corrected chi connectivity index (χ2v) is 7.77. The Bertz CT molecular complexity index is 1250. The number of nitrogens with one attached hydrogen (secondary N) is 2. The fourth-order valence-corrected chi connectivity index (χ4v) is 3.50. The molecule has 0 radical (unpaired) electrons. The van der Waals surface area contributed by atoms with Gasteiger partial charge < -0.3 is 40.9 Å². The highest BCUT2D eigenvalue weighted by Crippen LogP contribution is 2.40. The van der Waals surface area contributed by atoms with Crippen molar-refractivity contribution in [2.45, 2.75) is 12.6 Å². The standard InChI is InChI=1S/C26H28N4O7/c1-35-19-12-20(24(21(13-19)36-2)37-15-22(31)32)23(26(33)28-14-16-6-4-3-5-7-16)29-18-10-8-17(9-11-18)25(27)30-34/h3-13,23,29,34H,14-15H2,1-2H3,(H2,27,30)(H,28,33)(H,31,32). The van der Waals surface area contributed by atoms with E-state index >= 15 is 0 Å². The molecular weight excluding hydrogens is 480 g/mol. The first-order chi connectivity index (χ1) is 17.9. The van der Waals surface area contributed by atoms with E-state index in [4.69, 9.17) is 25.2 Å². The molecule has 0 aliphatic heterocycles. The molecule has 1 amide bonds. The summed E-state index contributed by atoms with van der Waals surface area (Å²) in [5, 5.41) is 27.1. The number of methoxy groups -OCH3 is 2. The van der Waals surface area contributed by atoms with Crippen LogP contribution in [0.25, 0.3) is 0 Å². The van der Waals surface area contributed by atoms with E-state index in [-0.39, 0.29) is 23.9 Å². The van der Waals surface area contributed by atoms with Gasteiger partial charge in [0.2, 0.25) is 5.91 Å². The van der Waals surface area contributed by atoms with Gasteiger partial charge >= 0.3 is 5.97 Å². The molecule has 3 aromatic rings. The number of carbonyl (C=O) groups is 2. The van der Waals surface area contributed by atoms with Gasteiger partial charge in [0.25, 0.3) is 0 Å². The smallest absolute Gasteiger partial charge is 0.341 e. The predicted octanol–water partition coefficient (Wildman–Crippen LogP) is 2.73. The van der Waals surface area contributed by atoms with E-state index in [0.717, 1.165) is 5.56 Å². The summed E-state index contributed by atoms with van der Waals surface area (Å²) >= 11 is 0. The van der Waals surface area contributed by atoms with Crippen LogP contribution in [-0.2, 0) is 16.1 Å². The topological polar surface area (TPSA) is 165 Å². The highest BCUT2D eigenvalue weighted by Gasteiger charge is 2.28. The second kappa shape index (κ2) is 12.7. The van der Waals surface area contributed by atoms with Crippen LogP contribution in [0.3, 0.4) is 0 Å². The number of amides is 1. The normalized spacial score (nSPS) is 11.8. The van der Waals surface area contributed by atoms with Crippen LogP contribution in [0, 0.1) is 0 Å². The number of oxime groups is 1. The lowest BCUT2D eigenvalue weighted by molar-refractivity contribution is -0.139. The molecule has 3 aromatic carbocycles. The number of rotatable bonds is 12. The van der Waals surface area contributed by atoms with Crippen LogP contribution in [0.1, 0.15) is 22.7 Å². The molecule has 0 fully saturated rings. The third-order valence-corrected chi connectivity index (χ3v) is 5.33. The van der Waals surface area contributed by atoms with Gasteiger partial charge in [-0.3, -0.25) is 4.79 Å². The fraction of sp³-hybridized carbons (Fsp3) is 0.192. The first-order valence-electron chi connectivity index (χ1n) is 11.1. The van der Waals surface area contributed by atoms with Crippen molar-refractivity contribution < 1.29 is 34.1 Å². The first kappa shape index (κ1) is 26.7. The number of nitrogens with zero attached hydrogens (tertiary/aromatic N) is 1. The minimum Gasteiger partial charge on any atom is -0.497 e. The van der Waals surface area contributed by atoms with E-state index in [1.807, 2.05) is 30.3 Å². The number of hydrogen-bond acceptors (Lipinski definition) is 8. The van der Waals surface area contributed by atoms with Gasteiger partial charge in [0.1, 0.15) is 11.8 Å². The summed E-state index contributed by atoms with van der Waals surface area (Å²) in [6.07, 6.45) is 0. The summed E-state index contributed by atoms with van der Waals surface area (Å²) in [6.45, 7) is -0.394. The van der Waals surface area contributed by atoms with E-state index < -0.39 is 24.5 Å². The lowest BCUT2D eigenvalue weighted by atomic mass is 10.0. The number of hydrogen-bond donors (Lipinski definition) is 5. The number of carboxylic acids is 1. The van der Waals surface area contributed by atoms with Crippen LogP contribution in [0.5, 0.6) is 17.2 Å². The summed E-state index contributed by atoms with van der Waals surface area (Å²) in [7, 11) is 2.86. The van der Waals surface area contributed by atoms with Crippen molar-refractivity contribution in [3.8, 4) is 17.2 Å². The molecule has 11 nitrogen and oxygen atoms in total. The maximum atomic E-state index is 13.5. The highest BCUT2D eigenvalue weighted by atomic mass is 16.5. The van der Waals surface area contributed by atoms with E-state index in [1.165, 1.54) is 20.3 Å². The van der Waals surface area contributed by atoms with Crippen molar-refractivity contribution in [3.63, 3.8) is 0 Å². The Labute approximate surface area is 213 Å². The third-order valence-electron chi connectivity index (χ3n) is 5.33. The Morgan fingerprint density at radius 3 is 2.32 bits per heavy atom. The molecule has 3 rings (SSSR count). The van der Waals surface area contributed by atoms with Crippen molar-refractivity contribution in [1.82, 2.24) is 5.32 Å². The molecule has 0 saturated carbocycles. The average Bonchev–Trinajstić information content (AvgIpc) is 2.93. The van der Waals surface area contributed by atoms with Crippen molar-refractivity contribution in [2.24, 2.45) is 10.9 Å². The summed E-state index contributed by atoms with van der Waals surface area (Å²) in [4.78, 5) is 24.8. The van der Waals surface area contributed by atoms with Crippen LogP contribution in [-0.4, -0.2) is 48.9 Å². The number of carbonyl (C=O) groups excluding carboxylic acids is 1. The van der Waals surface area contributed by atoms with Crippen molar-refractivity contribution in [1.29, 1.82) is 0 Å². The van der Waals surface area contributed by atoms with Crippen molar-refractivity contribution in [3.05, 3.63) is 83.4 Å². The third kappa shape index (κ3) is 7.04. The molecule has 0 heterocycles. The van der Waals surface area contributed by atoms with Gasteiger partial charge in [-0.05, 0) is 35.9 Å². The zero-order valence-corrected chi connectivity index (χ0v) is 20.3. The predicted molar refractivity (Wildman–Crippen MR) is 136 cm³/mol. The summed E-state index contributed by atoms with van der Waals surface area (Å²) in [5.41, 5.74) is 7.84. The van der Waals surface area contributed by atoms with Crippen LogP contribution in [0.2, 0.25) is 0 Å². The molecule has 6 N–H and O–H groups in total. The molecule has 0 spiro atoms. The van der Waals surface area contributed by atoms with Crippen LogP contribution >= 0.6 is 0 Å². The highest BCUT2D eigenvalue weighted by molar-refractivity contribution is 5.97. The van der Waals surface area contributed by atoms with Crippen molar-refractivity contribution >= 4 is 23.4 Å². The minimum atomic E-state index is -1.19. The van der Waals surface area contributed by atoms with Gasteiger partial charge in [0.05, 0.1) is 14.2 Å². The minimum absolute atomic E-state index is 0.0643. The molecule has 37 heavy (non-hydrogen) atoms. The Balaban J connectivity index is 2.04. The summed E-state index contributed by atoms with van der Waals surface area (Å²) in [5.74, 6) is -1.03. The number of benzene rings is 3. The Morgan fingerprint density at radius 1 is 1.03 bits per heavy atom. The number of carboxylic acid groups (broad SMARTS) is 1. The van der Waals surface area contributed by atoms with Gasteiger partial charge in [-0.1, -0.05) is 35.5 Å². The lowest BCUT2D eigenvalue weighted by Gasteiger charge is -2.24. The maximum Gasteiger partial charge on any atom is 0.341 e. The zero-order valence-electron chi connectivity index (χ0n) is 20.3. The molecule has 1 atom stereocenters. The number of anilines is 1. The van der Waals surface area contributed by atoms with E-state index in [1.54, 1.807) is 30.3 Å². The van der Waals surface area contributed by atoms with E-state index in [2.05, 4.69) is 15.8 Å². The van der Waals surface area contributed by atoms with Crippen LogP contribution < -0.4 is 30.6 Å². The largest absolute Gasteiger partial charge is 0.497 e. The molecule has 0 saturated heterocycles. The Morgan fingerprint density at radius 2 is 1.73 bits per heavy atom. The quantitative estimate of drug-likeness (QED) is 0.107.